The smallest absolute Gasteiger partial charge is 0.190 e. The Labute approximate surface area is 117 Å². The van der Waals surface area contributed by atoms with E-state index in [-0.39, 0.29) is 0 Å². The molecule has 2 rings (SSSR count). The molecule has 1 aromatic carbocycles. The highest BCUT2D eigenvalue weighted by atomic mass is 32.2. The summed E-state index contributed by atoms with van der Waals surface area (Å²) in [5.41, 5.74) is 2.14. The number of hydrogen-bond donors (Lipinski definition) is 2. The summed E-state index contributed by atoms with van der Waals surface area (Å²) in [6, 6.07) is 8.08. The summed E-state index contributed by atoms with van der Waals surface area (Å²) < 4.78 is 5.09. The topological polar surface area (TPSA) is 49.9 Å². The first-order chi connectivity index (χ1) is 9.31. The Hall–Kier alpha value is -1.90. The monoisotopic (exact) mass is 273 g/mol. The first-order valence-corrected chi connectivity index (χ1v) is 6.77. The van der Waals surface area contributed by atoms with Gasteiger partial charge >= 0.3 is 0 Å². The normalized spacial score (nSPS) is 11.8. The quantitative estimate of drug-likeness (QED) is 0.483. The van der Waals surface area contributed by atoms with Crippen molar-refractivity contribution < 1.29 is 4.74 Å². The Morgan fingerprint density at radius 2 is 2.47 bits per heavy atom. The summed E-state index contributed by atoms with van der Waals surface area (Å²) in [6.07, 6.45) is 8.49. The zero-order valence-electron chi connectivity index (χ0n) is 10.6. The number of anilines is 1. The maximum absolute atomic E-state index is 5.34. The summed E-state index contributed by atoms with van der Waals surface area (Å²) in [6.45, 7) is 0. The van der Waals surface area contributed by atoms with Crippen molar-refractivity contribution in [3.63, 3.8) is 0 Å². The third-order valence-electron chi connectivity index (χ3n) is 2.46. The van der Waals surface area contributed by atoms with E-state index in [0.29, 0.717) is 0 Å². The van der Waals surface area contributed by atoms with Crippen LogP contribution in [0.15, 0.2) is 41.8 Å². The minimum absolute atomic E-state index is 0.409. The number of aromatic amines is 1. The standard InChI is InChI=1S/C14H15N3OS/c1-3-13(18-2)17-12-6-4-5-11(9-12)10-19-14-15-7-8-16-14/h1,4-9,13,17H,10H2,2H3,(H,15,16). The molecule has 0 saturated carbocycles. The average molecular weight is 273 g/mol. The summed E-state index contributed by atoms with van der Waals surface area (Å²) >= 11 is 1.65. The van der Waals surface area contributed by atoms with Crippen molar-refractivity contribution in [2.45, 2.75) is 17.1 Å². The van der Waals surface area contributed by atoms with Gasteiger partial charge in [0.15, 0.2) is 11.4 Å². The van der Waals surface area contributed by atoms with Crippen LogP contribution in [-0.2, 0) is 10.5 Å². The van der Waals surface area contributed by atoms with Gasteiger partial charge in [0.25, 0.3) is 0 Å². The second kappa shape index (κ2) is 6.88. The highest BCUT2D eigenvalue weighted by Crippen LogP contribution is 2.21. The van der Waals surface area contributed by atoms with Crippen molar-refractivity contribution in [1.29, 1.82) is 0 Å². The summed E-state index contributed by atoms with van der Waals surface area (Å²) in [5, 5.41) is 4.03. The van der Waals surface area contributed by atoms with E-state index >= 15 is 0 Å². The Morgan fingerprint density at radius 1 is 1.58 bits per heavy atom. The van der Waals surface area contributed by atoms with Gasteiger partial charge in [0.2, 0.25) is 0 Å². The van der Waals surface area contributed by atoms with E-state index in [4.69, 9.17) is 11.2 Å². The van der Waals surface area contributed by atoms with Crippen molar-refractivity contribution >= 4 is 17.4 Å². The van der Waals surface area contributed by atoms with Gasteiger partial charge in [0, 0.05) is 30.9 Å². The molecule has 0 saturated heterocycles. The molecular weight excluding hydrogens is 258 g/mol. The Kier molecular flexibility index (Phi) is 4.90. The van der Waals surface area contributed by atoms with Crippen molar-refractivity contribution in [3.8, 4) is 12.3 Å². The van der Waals surface area contributed by atoms with E-state index in [2.05, 4.69) is 33.3 Å². The third-order valence-corrected chi connectivity index (χ3v) is 3.43. The van der Waals surface area contributed by atoms with E-state index in [1.165, 1.54) is 5.56 Å². The van der Waals surface area contributed by atoms with Gasteiger partial charge in [0.1, 0.15) is 0 Å². The summed E-state index contributed by atoms with van der Waals surface area (Å²) in [5.74, 6) is 3.36. The molecule has 5 heteroatoms. The maximum Gasteiger partial charge on any atom is 0.190 e. The SMILES string of the molecule is C#CC(Nc1cccc(CSc2ncc[nH]2)c1)OC. The van der Waals surface area contributed by atoms with Crippen LogP contribution >= 0.6 is 11.8 Å². The molecule has 0 aliphatic carbocycles. The molecule has 0 aliphatic heterocycles. The van der Waals surface area contributed by atoms with E-state index in [1.807, 2.05) is 18.3 Å². The lowest BCUT2D eigenvalue weighted by Gasteiger charge is -2.13. The Morgan fingerprint density at radius 3 is 3.16 bits per heavy atom. The van der Waals surface area contributed by atoms with Gasteiger partial charge in [-0.05, 0) is 17.7 Å². The van der Waals surface area contributed by atoms with E-state index in [1.54, 1.807) is 25.1 Å². The molecule has 2 aromatic rings. The number of ether oxygens (including phenoxy) is 1. The van der Waals surface area contributed by atoms with Gasteiger partial charge in [0.05, 0.1) is 0 Å². The minimum Gasteiger partial charge on any atom is -0.351 e. The molecule has 0 bridgehead atoms. The fourth-order valence-electron chi connectivity index (χ4n) is 1.55. The number of imidazole rings is 1. The minimum atomic E-state index is -0.409. The second-order valence-electron chi connectivity index (χ2n) is 3.81. The lowest BCUT2D eigenvalue weighted by atomic mass is 10.2. The summed E-state index contributed by atoms with van der Waals surface area (Å²) in [4.78, 5) is 7.24. The van der Waals surface area contributed by atoms with Crippen LogP contribution in [0.25, 0.3) is 0 Å². The summed E-state index contributed by atoms with van der Waals surface area (Å²) in [7, 11) is 1.58. The van der Waals surface area contributed by atoms with Gasteiger partial charge in [-0.3, -0.25) is 0 Å². The van der Waals surface area contributed by atoms with E-state index < -0.39 is 6.23 Å². The molecule has 1 unspecified atom stereocenters. The van der Waals surface area contributed by atoms with E-state index in [9.17, 15) is 0 Å². The van der Waals surface area contributed by atoms with Crippen molar-refractivity contribution in [3.05, 3.63) is 42.2 Å². The van der Waals surface area contributed by atoms with Gasteiger partial charge in [-0.1, -0.05) is 29.8 Å². The molecule has 4 nitrogen and oxygen atoms in total. The van der Waals surface area contributed by atoms with Crippen LogP contribution in [0.4, 0.5) is 5.69 Å². The molecule has 0 radical (unpaired) electrons. The number of methoxy groups -OCH3 is 1. The molecular formula is C14H15N3OS. The first-order valence-electron chi connectivity index (χ1n) is 5.78. The van der Waals surface area contributed by atoms with Crippen molar-refractivity contribution in [2.75, 3.05) is 12.4 Å². The fraction of sp³-hybridized carbons (Fsp3) is 0.214. The molecule has 1 aromatic heterocycles. The molecule has 0 amide bonds. The second-order valence-corrected chi connectivity index (χ2v) is 4.77. The average Bonchev–Trinajstić information content (AvgIpc) is 2.96. The lowest BCUT2D eigenvalue weighted by molar-refractivity contribution is 0.170. The first kappa shape index (κ1) is 13.5. The van der Waals surface area contributed by atoms with Crippen LogP contribution in [0.3, 0.4) is 0 Å². The third kappa shape index (κ3) is 4.05. The number of thioether (sulfide) groups is 1. The molecule has 0 fully saturated rings. The van der Waals surface area contributed by atoms with Crippen LogP contribution in [-0.4, -0.2) is 23.3 Å². The number of aromatic nitrogens is 2. The van der Waals surface area contributed by atoms with Crippen LogP contribution in [0.5, 0.6) is 0 Å². The molecule has 0 aliphatic rings. The number of H-pyrrole nitrogens is 1. The van der Waals surface area contributed by atoms with Gasteiger partial charge in [-0.15, -0.1) is 6.42 Å². The van der Waals surface area contributed by atoms with Crippen LogP contribution in [0.2, 0.25) is 0 Å². The van der Waals surface area contributed by atoms with Crippen LogP contribution < -0.4 is 5.32 Å². The molecule has 0 spiro atoms. The zero-order chi connectivity index (χ0) is 13.5. The zero-order valence-corrected chi connectivity index (χ0v) is 11.4. The molecule has 98 valence electrons. The highest BCUT2D eigenvalue weighted by Gasteiger charge is 2.03. The fourth-order valence-corrected chi connectivity index (χ4v) is 2.32. The van der Waals surface area contributed by atoms with Crippen molar-refractivity contribution in [1.82, 2.24) is 9.97 Å². The molecule has 19 heavy (non-hydrogen) atoms. The van der Waals surface area contributed by atoms with Gasteiger partial charge < -0.3 is 15.0 Å². The predicted molar refractivity (Wildman–Crippen MR) is 77.8 cm³/mol. The number of hydrogen-bond acceptors (Lipinski definition) is 4. The van der Waals surface area contributed by atoms with Crippen LogP contribution in [0.1, 0.15) is 5.56 Å². The lowest BCUT2D eigenvalue weighted by Crippen LogP contribution is -2.18. The maximum atomic E-state index is 5.34. The molecule has 1 atom stereocenters. The number of nitrogens with one attached hydrogen (secondary N) is 2. The number of benzene rings is 1. The number of rotatable bonds is 6. The number of terminal acetylenes is 1. The van der Waals surface area contributed by atoms with Crippen molar-refractivity contribution in [2.24, 2.45) is 0 Å². The Bertz CT molecular complexity index is 548. The van der Waals surface area contributed by atoms with Gasteiger partial charge in [-0.2, -0.15) is 0 Å². The molecule has 1 heterocycles. The van der Waals surface area contributed by atoms with Crippen LogP contribution in [0, 0.1) is 12.3 Å². The highest BCUT2D eigenvalue weighted by molar-refractivity contribution is 7.98. The van der Waals surface area contributed by atoms with Gasteiger partial charge in [-0.25, -0.2) is 4.98 Å². The molecule has 2 N–H and O–H groups in total. The Balaban J connectivity index is 1.97. The largest absolute Gasteiger partial charge is 0.351 e. The predicted octanol–water partition coefficient (Wildman–Crippen LogP) is 2.72. The van der Waals surface area contributed by atoms with E-state index in [0.717, 1.165) is 16.6 Å². The number of nitrogens with zero attached hydrogens (tertiary/aromatic N) is 1.